The molecular weight excluding hydrogens is 295 g/mol. The molecule has 108 valence electrons. The predicted octanol–water partition coefficient (Wildman–Crippen LogP) is 1.91. The molecule has 0 aliphatic carbocycles. The minimum Gasteiger partial charge on any atom is -0.282 e. The number of anilines is 1. The number of hydrogen-bond acceptors (Lipinski definition) is 4. The van der Waals surface area contributed by atoms with Crippen molar-refractivity contribution in [3.05, 3.63) is 48.4 Å². The molecule has 0 atom stereocenters. The van der Waals surface area contributed by atoms with Gasteiger partial charge in [-0.05, 0) is 24.3 Å². The Labute approximate surface area is 120 Å². The van der Waals surface area contributed by atoms with E-state index >= 15 is 0 Å². The van der Waals surface area contributed by atoms with Crippen LogP contribution in [0.15, 0.2) is 42.6 Å². The molecule has 21 heavy (non-hydrogen) atoms. The number of aromatic nitrogens is 3. The molecule has 2 heterocycles. The Hall–Kier alpha value is -2.48. The highest BCUT2D eigenvalue weighted by atomic mass is 32.2. The zero-order chi connectivity index (χ0) is 15.0. The van der Waals surface area contributed by atoms with E-state index in [4.69, 9.17) is 0 Å². The summed E-state index contributed by atoms with van der Waals surface area (Å²) in [6.07, 6.45) is 2.57. The van der Waals surface area contributed by atoms with E-state index in [1.54, 1.807) is 24.3 Å². The van der Waals surface area contributed by atoms with Crippen molar-refractivity contribution in [1.82, 2.24) is 14.6 Å². The standard InChI is InChI=1S/C13H11FN4O2S/c1-21(19,20)17-11-5-6-12-15-13(16-18(12)8-11)9-3-2-4-10(14)7-9/h2-8,17H,1H3. The largest absolute Gasteiger partial charge is 0.282 e. The third-order valence-electron chi connectivity index (χ3n) is 2.72. The fourth-order valence-corrected chi connectivity index (χ4v) is 2.46. The normalized spacial score (nSPS) is 11.7. The van der Waals surface area contributed by atoms with Crippen LogP contribution >= 0.6 is 0 Å². The number of benzene rings is 1. The van der Waals surface area contributed by atoms with Gasteiger partial charge in [0, 0.05) is 5.56 Å². The van der Waals surface area contributed by atoms with Gasteiger partial charge in [-0.1, -0.05) is 12.1 Å². The molecule has 3 aromatic rings. The Kier molecular flexibility index (Phi) is 3.09. The van der Waals surface area contributed by atoms with Crippen molar-refractivity contribution < 1.29 is 12.8 Å². The number of sulfonamides is 1. The van der Waals surface area contributed by atoms with Gasteiger partial charge < -0.3 is 0 Å². The topological polar surface area (TPSA) is 76.4 Å². The molecule has 2 aromatic heterocycles. The molecule has 0 aliphatic rings. The lowest BCUT2D eigenvalue weighted by atomic mass is 10.2. The highest BCUT2D eigenvalue weighted by Gasteiger charge is 2.09. The molecule has 0 saturated heterocycles. The Morgan fingerprint density at radius 2 is 2.05 bits per heavy atom. The quantitative estimate of drug-likeness (QED) is 0.802. The maximum absolute atomic E-state index is 13.2. The Balaban J connectivity index is 2.04. The van der Waals surface area contributed by atoms with Gasteiger partial charge in [0.2, 0.25) is 10.0 Å². The van der Waals surface area contributed by atoms with E-state index in [0.29, 0.717) is 22.7 Å². The minimum absolute atomic E-state index is 0.367. The van der Waals surface area contributed by atoms with Crippen molar-refractivity contribution in [2.45, 2.75) is 0 Å². The van der Waals surface area contributed by atoms with Crippen LogP contribution in [0.2, 0.25) is 0 Å². The van der Waals surface area contributed by atoms with Crippen LogP contribution in [0.1, 0.15) is 0 Å². The van der Waals surface area contributed by atoms with Crippen molar-refractivity contribution in [2.24, 2.45) is 0 Å². The van der Waals surface area contributed by atoms with Crippen molar-refractivity contribution in [1.29, 1.82) is 0 Å². The van der Waals surface area contributed by atoms with Crippen LogP contribution in [0.25, 0.3) is 17.0 Å². The Morgan fingerprint density at radius 1 is 1.24 bits per heavy atom. The average molecular weight is 306 g/mol. The first-order chi connectivity index (χ1) is 9.90. The smallest absolute Gasteiger partial charge is 0.229 e. The van der Waals surface area contributed by atoms with Gasteiger partial charge in [-0.25, -0.2) is 22.3 Å². The number of halogens is 1. The van der Waals surface area contributed by atoms with Crippen molar-refractivity contribution in [3.8, 4) is 11.4 Å². The number of hydrogen-bond donors (Lipinski definition) is 1. The van der Waals surface area contributed by atoms with E-state index in [2.05, 4.69) is 14.8 Å². The Bertz CT molecular complexity index is 921. The van der Waals surface area contributed by atoms with Gasteiger partial charge in [-0.2, -0.15) is 0 Å². The highest BCUT2D eigenvalue weighted by Crippen LogP contribution is 2.18. The first kappa shape index (κ1) is 13.5. The zero-order valence-corrected chi connectivity index (χ0v) is 11.8. The summed E-state index contributed by atoms with van der Waals surface area (Å²) in [5, 5.41) is 4.22. The number of nitrogens with one attached hydrogen (secondary N) is 1. The van der Waals surface area contributed by atoms with Crippen LogP contribution in [-0.4, -0.2) is 29.3 Å². The minimum atomic E-state index is -3.36. The molecule has 0 spiro atoms. The van der Waals surface area contributed by atoms with Gasteiger partial charge in [0.05, 0.1) is 18.1 Å². The molecule has 1 aromatic carbocycles. The fourth-order valence-electron chi connectivity index (χ4n) is 1.91. The summed E-state index contributed by atoms with van der Waals surface area (Å²) in [5.41, 5.74) is 1.46. The van der Waals surface area contributed by atoms with Crippen LogP contribution in [0.4, 0.5) is 10.1 Å². The van der Waals surface area contributed by atoms with Crippen molar-refractivity contribution >= 4 is 21.4 Å². The first-order valence-electron chi connectivity index (χ1n) is 6.01. The van der Waals surface area contributed by atoms with Crippen LogP contribution in [0.3, 0.4) is 0 Å². The predicted molar refractivity (Wildman–Crippen MR) is 76.8 cm³/mol. The fraction of sp³-hybridized carbons (Fsp3) is 0.0769. The van der Waals surface area contributed by atoms with E-state index in [1.807, 2.05) is 0 Å². The van der Waals surface area contributed by atoms with Gasteiger partial charge in [-0.15, -0.1) is 5.10 Å². The average Bonchev–Trinajstić information content (AvgIpc) is 2.80. The van der Waals surface area contributed by atoms with Crippen molar-refractivity contribution in [2.75, 3.05) is 11.0 Å². The molecule has 0 radical (unpaired) electrons. The summed E-state index contributed by atoms with van der Waals surface area (Å²) in [6.45, 7) is 0. The van der Waals surface area contributed by atoms with Gasteiger partial charge >= 0.3 is 0 Å². The SMILES string of the molecule is CS(=O)(=O)Nc1ccc2nc(-c3cccc(F)c3)nn2c1. The molecule has 3 rings (SSSR count). The second kappa shape index (κ2) is 4.81. The molecule has 0 bridgehead atoms. The third-order valence-corrected chi connectivity index (χ3v) is 3.32. The van der Waals surface area contributed by atoms with Crippen LogP contribution in [0, 0.1) is 5.82 Å². The summed E-state index contributed by atoms with van der Waals surface area (Å²) in [7, 11) is -3.36. The summed E-state index contributed by atoms with van der Waals surface area (Å²) in [6, 6.07) is 9.17. The summed E-state index contributed by atoms with van der Waals surface area (Å²) in [5.74, 6) is -0.00297. The molecule has 0 saturated carbocycles. The molecule has 0 fully saturated rings. The van der Waals surface area contributed by atoms with Gasteiger partial charge in [0.1, 0.15) is 5.82 Å². The molecule has 8 heteroatoms. The van der Waals surface area contributed by atoms with Crippen LogP contribution in [-0.2, 0) is 10.0 Å². The van der Waals surface area contributed by atoms with Crippen LogP contribution < -0.4 is 4.72 Å². The first-order valence-corrected chi connectivity index (χ1v) is 7.90. The summed E-state index contributed by atoms with van der Waals surface area (Å²) in [4.78, 5) is 4.27. The Morgan fingerprint density at radius 3 is 2.76 bits per heavy atom. The molecule has 6 nitrogen and oxygen atoms in total. The highest BCUT2D eigenvalue weighted by molar-refractivity contribution is 7.92. The van der Waals surface area contributed by atoms with E-state index < -0.39 is 10.0 Å². The second-order valence-electron chi connectivity index (χ2n) is 4.54. The maximum Gasteiger partial charge on any atom is 0.229 e. The van der Waals surface area contributed by atoms with Gasteiger partial charge in [-0.3, -0.25) is 4.72 Å². The summed E-state index contributed by atoms with van der Waals surface area (Å²) < 4.78 is 39.4. The molecule has 1 N–H and O–H groups in total. The molecule has 0 unspecified atom stereocenters. The van der Waals surface area contributed by atoms with E-state index in [9.17, 15) is 12.8 Å². The number of rotatable bonds is 3. The lowest BCUT2D eigenvalue weighted by molar-refractivity contribution is 0.606. The lowest BCUT2D eigenvalue weighted by Gasteiger charge is -2.02. The second-order valence-corrected chi connectivity index (χ2v) is 6.29. The van der Waals surface area contributed by atoms with E-state index in [0.717, 1.165) is 6.26 Å². The van der Waals surface area contributed by atoms with Crippen LogP contribution in [0.5, 0.6) is 0 Å². The number of nitrogens with zero attached hydrogens (tertiary/aromatic N) is 3. The number of pyridine rings is 1. The van der Waals surface area contributed by atoms with E-state index in [1.165, 1.54) is 22.8 Å². The van der Waals surface area contributed by atoms with E-state index in [-0.39, 0.29) is 5.82 Å². The number of fused-ring (bicyclic) bond motifs is 1. The summed E-state index contributed by atoms with van der Waals surface area (Å²) >= 11 is 0. The van der Waals surface area contributed by atoms with Gasteiger partial charge in [0.15, 0.2) is 11.5 Å². The third kappa shape index (κ3) is 3.00. The molecule has 0 amide bonds. The van der Waals surface area contributed by atoms with Gasteiger partial charge in [0.25, 0.3) is 0 Å². The molecular formula is C13H11FN4O2S. The zero-order valence-electron chi connectivity index (χ0n) is 11.0. The monoisotopic (exact) mass is 306 g/mol. The maximum atomic E-state index is 13.2. The van der Waals surface area contributed by atoms with Crippen molar-refractivity contribution in [3.63, 3.8) is 0 Å². The lowest BCUT2D eigenvalue weighted by Crippen LogP contribution is -2.10. The molecule has 0 aliphatic heterocycles.